The lowest BCUT2D eigenvalue weighted by atomic mass is 10.0. The van der Waals surface area contributed by atoms with Gasteiger partial charge < -0.3 is 14.4 Å². The number of nitrogens with zero attached hydrogens (tertiary/aromatic N) is 1. The fraction of sp³-hybridized carbons (Fsp3) is 0.533. The highest BCUT2D eigenvalue weighted by molar-refractivity contribution is 6.31. The Morgan fingerprint density at radius 2 is 2.25 bits per heavy atom. The van der Waals surface area contributed by atoms with E-state index < -0.39 is 5.38 Å². The number of carbonyl (C=O) groups is 1. The third-order valence-corrected chi connectivity index (χ3v) is 3.68. The van der Waals surface area contributed by atoms with Crippen LogP contribution in [0.1, 0.15) is 30.4 Å². The number of likely N-dealkylation sites (N-methyl/N-ethyl adjacent to an activating group) is 1. The molecule has 1 aromatic rings. The summed E-state index contributed by atoms with van der Waals surface area (Å²) in [5.74, 6) is 1.30. The average molecular weight is 298 g/mol. The van der Waals surface area contributed by atoms with E-state index in [1.807, 2.05) is 26.0 Å². The zero-order valence-corrected chi connectivity index (χ0v) is 13.0. The Balaban J connectivity index is 2.41. The van der Waals surface area contributed by atoms with Crippen molar-refractivity contribution in [1.82, 2.24) is 4.90 Å². The van der Waals surface area contributed by atoms with Gasteiger partial charge in [0.15, 0.2) is 0 Å². The van der Waals surface area contributed by atoms with Gasteiger partial charge in [-0.15, -0.1) is 11.6 Å². The summed E-state index contributed by atoms with van der Waals surface area (Å²) in [7, 11) is 3.37. The molecule has 1 amide bonds. The molecule has 1 aliphatic rings. The average Bonchev–Trinajstić information content (AvgIpc) is 2.75. The van der Waals surface area contributed by atoms with Gasteiger partial charge in [-0.25, -0.2) is 0 Å². The predicted octanol–water partition coefficient (Wildman–Crippen LogP) is 2.78. The Kier molecular flexibility index (Phi) is 4.43. The molecule has 0 saturated heterocycles. The molecule has 2 atom stereocenters. The zero-order valence-electron chi connectivity index (χ0n) is 12.3. The van der Waals surface area contributed by atoms with Crippen molar-refractivity contribution >= 4 is 17.5 Å². The first kappa shape index (κ1) is 15.0. The van der Waals surface area contributed by atoms with Crippen molar-refractivity contribution in [1.29, 1.82) is 0 Å². The Bertz CT molecular complexity index is 516. The zero-order chi connectivity index (χ0) is 14.9. The fourth-order valence-corrected chi connectivity index (χ4v) is 2.66. The normalized spacial score (nSPS) is 18.1. The maximum Gasteiger partial charge on any atom is 0.244 e. The molecule has 0 radical (unpaired) electrons. The molecule has 110 valence electrons. The highest BCUT2D eigenvalue weighted by atomic mass is 35.5. The van der Waals surface area contributed by atoms with Crippen molar-refractivity contribution in [3.63, 3.8) is 0 Å². The van der Waals surface area contributed by atoms with Crippen LogP contribution in [0.15, 0.2) is 12.1 Å². The van der Waals surface area contributed by atoms with E-state index in [2.05, 4.69) is 0 Å². The van der Waals surface area contributed by atoms with Crippen molar-refractivity contribution in [2.75, 3.05) is 20.7 Å². The van der Waals surface area contributed by atoms with Crippen LogP contribution in [0.5, 0.6) is 11.5 Å². The third-order valence-electron chi connectivity index (χ3n) is 3.26. The molecule has 0 saturated carbocycles. The third kappa shape index (κ3) is 2.85. The van der Waals surface area contributed by atoms with Crippen LogP contribution in [0.2, 0.25) is 0 Å². The number of hydrogen-bond donors (Lipinski definition) is 0. The number of ether oxygens (including phenoxy) is 2. The van der Waals surface area contributed by atoms with Crippen LogP contribution in [0.25, 0.3) is 0 Å². The molecule has 2 unspecified atom stereocenters. The summed E-state index contributed by atoms with van der Waals surface area (Å²) in [4.78, 5) is 13.5. The number of carbonyl (C=O) groups excluding carboxylic acids is 1. The van der Waals surface area contributed by atoms with Crippen molar-refractivity contribution in [2.24, 2.45) is 0 Å². The standard InChI is InChI=1S/C15H20ClNO3/c1-5-19-13-7-10-6-9(2)20-12(10)8-11(13)14(16)15(18)17(3)4/h7-9,14H,5-6H2,1-4H3. The minimum absolute atomic E-state index is 0.146. The molecular formula is C15H20ClNO3. The van der Waals surface area contributed by atoms with E-state index in [-0.39, 0.29) is 12.0 Å². The predicted molar refractivity (Wildman–Crippen MR) is 78.7 cm³/mol. The second-order valence-corrected chi connectivity index (χ2v) is 5.60. The highest BCUT2D eigenvalue weighted by Crippen LogP contribution is 2.39. The van der Waals surface area contributed by atoms with Crippen molar-refractivity contribution in [2.45, 2.75) is 31.7 Å². The summed E-state index contributed by atoms with van der Waals surface area (Å²) in [5, 5.41) is -0.767. The van der Waals surface area contributed by atoms with E-state index in [1.54, 1.807) is 14.1 Å². The summed E-state index contributed by atoms with van der Waals surface area (Å²) < 4.78 is 11.4. The molecule has 4 nitrogen and oxygen atoms in total. The van der Waals surface area contributed by atoms with Gasteiger partial charge in [-0.3, -0.25) is 4.79 Å². The van der Waals surface area contributed by atoms with Gasteiger partial charge in [-0.05, 0) is 26.0 Å². The van der Waals surface area contributed by atoms with E-state index in [1.165, 1.54) is 4.90 Å². The maximum absolute atomic E-state index is 12.1. The summed E-state index contributed by atoms with van der Waals surface area (Å²) in [6, 6.07) is 3.78. The largest absolute Gasteiger partial charge is 0.494 e. The molecule has 0 N–H and O–H groups in total. The molecule has 1 aliphatic heterocycles. The number of halogens is 1. The summed E-state index contributed by atoms with van der Waals surface area (Å²) in [6.45, 7) is 4.46. The first-order chi connectivity index (χ1) is 9.43. The van der Waals surface area contributed by atoms with Crippen LogP contribution < -0.4 is 9.47 Å². The van der Waals surface area contributed by atoms with Gasteiger partial charge in [0.25, 0.3) is 0 Å². The summed E-state index contributed by atoms with van der Waals surface area (Å²) in [6.07, 6.45) is 0.998. The molecular weight excluding hydrogens is 278 g/mol. The summed E-state index contributed by atoms with van der Waals surface area (Å²) in [5.41, 5.74) is 1.77. The Morgan fingerprint density at radius 1 is 1.55 bits per heavy atom. The Morgan fingerprint density at radius 3 is 2.85 bits per heavy atom. The molecule has 2 rings (SSSR count). The lowest BCUT2D eigenvalue weighted by Gasteiger charge is -2.19. The second-order valence-electron chi connectivity index (χ2n) is 5.16. The molecule has 1 aromatic carbocycles. The molecule has 0 bridgehead atoms. The number of hydrogen-bond acceptors (Lipinski definition) is 3. The monoisotopic (exact) mass is 297 g/mol. The number of amides is 1. The lowest BCUT2D eigenvalue weighted by molar-refractivity contribution is -0.128. The maximum atomic E-state index is 12.1. The van der Waals surface area contributed by atoms with Crippen molar-refractivity contribution in [3.05, 3.63) is 23.3 Å². The first-order valence-corrected chi connectivity index (χ1v) is 7.19. The van der Waals surface area contributed by atoms with E-state index in [9.17, 15) is 4.79 Å². The lowest BCUT2D eigenvalue weighted by Crippen LogP contribution is -2.25. The Labute approximate surface area is 124 Å². The second kappa shape index (κ2) is 5.92. The SMILES string of the molecule is CCOc1cc2c(cc1C(Cl)C(=O)N(C)C)OC(C)C2. The van der Waals surface area contributed by atoms with Gasteiger partial charge >= 0.3 is 0 Å². The van der Waals surface area contributed by atoms with Crippen LogP contribution >= 0.6 is 11.6 Å². The van der Waals surface area contributed by atoms with Gasteiger partial charge in [-0.2, -0.15) is 0 Å². The Hall–Kier alpha value is -1.42. The topological polar surface area (TPSA) is 38.8 Å². The van der Waals surface area contributed by atoms with Crippen LogP contribution in [0.3, 0.4) is 0 Å². The number of rotatable bonds is 4. The fourth-order valence-electron chi connectivity index (χ4n) is 2.29. The van der Waals surface area contributed by atoms with Gasteiger partial charge in [0.05, 0.1) is 6.61 Å². The van der Waals surface area contributed by atoms with Gasteiger partial charge in [0, 0.05) is 31.6 Å². The molecule has 0 fully saturated rings. The van der Waals surface area contributed by atoms with Crippen molar-refractivity contribution < 1.29 is 14.3 Å². The van der Waals surface area contributed by atoms with E-state index in [0.717, 1.165) is 17.7 Å². The molecule has 0 spiro atoms. The smallest absolute Gasteiger partial charge is 0.244 e. The molecule has 0 aromatic heterocycles. The minimum Gasteiger partial charge on any atom is -0.494 e. The van der Waals surface area contributed by atoms with Gasteiger partial charge in [0.1, 0.15) is 23.0 Å². The molecule has 20 heavy (non-hydrogen) atoms. The number of benzene rings is 1. The van der Waals surface area contributed by atoms with Gasteiger partial charge in [-0.1, -0.05) is 0 Å². The van der Waals surface area contributed by atoms with Gasteiger partial charge in [0.2, 0.25) is 5.91 Å². The minimum atomic E-state index is -0.767. The van der Waals surface area contributed by atoms with Crippen LogP contribution in [0.4, 0.5) is 0 Å². The van der Waals surface area contributed by atoms with Crippen LogP contribution in [-0.2, 0) is 11.2 Å². The van der Waals surface area contributed by atoms with Crippen LogP contribution in [-0.4, -0.2) is 37.6 Å². The summed E-state index contributed by atoms with van der Waals surface area (Å²) >= 11 is 6.30. The molecule has 0 aliphatic carbocycles. The van der Waals surface area contributed by atoms with E-state index in [4.69, 9.17) is 21.1 Å². The number of fused-ring (bicyclic) bond motifs is 1. The van der Waals surface area contributed by atoms with E-state index >= 15 is 0 Å². The molecule has 1 heterocycles. The van der Waals surface area contributed by atoms with Crippen molar-refractivity contribution in [3.8, 4) is 11.5 Å². The highest BCUT2D eigenvalue weighted by Gasteiger charge is 2.28. The molecule has 5 heteroatoms. The first-order valence-electron chi connectivity index (χ1n) is 6.75. The van der Waals surface area contributed by atoms with Crippen LogP contribution in [0, 0.1) is 0 Å². The quantitative estimate of drug-likeness (QED) is 0.802. The number of alkyl halides is 1. The van der Waals surface area contributed by atoms with E-state index in [0.29, 0.717) is 17.9 Å².